The summed E-state index contributed by atoms with van der Waals surface area (Å²) in [7, 11) is 0. The fourth-order valence-electron chi connectivity index (χ4n) is 3.17. The maximum atomic E-state index is 12.2. The van der Waals surface area contributed by atoms with Gasteiger partial charge in [0.15, 0.2) is 0 Å². The van der Waals surface area contributed by atoms with Gasteiger partial charge in [0.2, 0.25) is 5.91 Å². The van der Waals surface area contributed by atoms with Crippen molar-refractivity contribution in [2.24, 2.45) is 0 Å². The molecule has 2 amide bonds. The van der Waals surface area contributed by atoms with E-state index < -0.39 is 11.7 Å². The lowest BCUT2D eigenvalue weighted by Crippen LogP contribution is -2.40. The summed E-state index contributed by atoms with van der Waals surface area (Å²) in [6, 6.07) is 3.93. The molecule has 1 saturated heterocycles. The molecule has 0 saturated carbocycles. The molecule has 1 aliphatic heterocycles. The number of nitrogens with zero attached hydrogens (tertiary/aromatic N) is 1. The zero-order chi connectivity index (χ0) is 19.7. The highest BCUT2D eigenvalue weighted by Crippen LogP contribution is 2.24. The van der Waals surface area contributed by atoms with Crippen LogP contribution in [0.3, 0.4) is 0 Å². The SMILES string of the molecule is CC(C)(C)OC(=O)NCCCC(=O)NCC(c1ccco1)N1CCCCC1. The molecule has 0 radical (unpaired) electrons. The molecule has 1 fully saturated rings. The molecule has 2 rings (SSSR count). The highest BCUT2D eigenvalue weighted by atomic mass is 16.6. The Labute approximate surface area is 161 Å². The van der Waals surface area contributed by atoms with Gasteiger partial charge in [-0.2, -0.15) is 0 Å². The van der Waals surface area contributed by atoms with E-state index in [1.807, 2.05) is 32.9 Å². The molecule has 1 aromatic heterocycles. The van der Waals surface area contributed by atoms with Crippen LogP contribution in [-0.2, 0) is 9.53 Å². The van der Waals surface area contributed by atoms with Gasteiger partial charge in [-0.3, -0.25) is 9.69 Å². The Bertz CT molecular complexity index is 575. The average Bonchev–Trinajstić information content (AvgIpc) is 3.13. The quantitative estimate of drug-likeness (QED) is 0.678. The van der Waals surface area contributed by atoms with Crippen molar-refractivity contribution in [1.29, 1.82) is 0 Å². The van der Waals surface area contributed by atoms with Gasteiger partial charge < -0.3 is 19.8 Å². The van der Waals surface area contributed by atoms with Crippen molar-refractivity contribution in [3.63, 3.8) is 0 Å². The van der Waals surface area contributed by atoms with E-state index in [9.17, 15) is 9.59 Å². The number of nitrogens with one attached hydrogen (secondary N) is 2. The van der Waals surface area contributed by atoms with E-state index in [0.717, 1.165) is 18.8 Å². The molecule has 2 N–H and O–H groups in total. The summed E-state index contributed by atoms with van der Waals surface area (Å²) < 4.78 is 10.8. The molecule has 27 heavy (non-hydrogen) atoms. The van der Waals surface area contributed by atoms with E-state index in [-0.39, 0.29) is 11.9 Å². The summed E-state index contributed by atoms with van der Waals surface area (Å²) in [4.78, 5) is 26.1. The number of carbonyl (C=O) groups excluding carboxylic acids is 2. The van der Waals surface area contributed by atoms with Crippen LogP contribution in [0.5, 0.6) is 0 Å². The minimum absolute atomic E-state index is 0.0189. The Kier molecular flexibility index (Phi) is 8.16. The van der Waals surface area contributed by atoms with Crippen LogP contribution in [0.1, 0.15) is 64.7 Å². The number of carbonyl (C=O) groups is 2. The van der Waals surface area contributed by atoms with Gasteiger partial charge in [-0.15, -0.1) is 0 Å². The Hall–Kier alpha value is -2.02. The van der Waals surface area contributed by atoms with Crippen LogP contribution in [0.15, 0.2) is 22.8 Å². The maximum absolute atomic E-state index is 12.2. The minimum Gasteiger partial charge on any atom is -0.468 e. The fraction of sp³-hybridized carbons (Fsp3) is 0.700. The average molecular weight is 380 g/mol. The summed E-state index contributed by atoms with van der Waals surface area (Å²) >= 11 is 0. The topological polar surface area (TPSA) is 83.8 Å². The van der Waals surface area contributed by atoms with Crippen LogP contribution in [-0.4, -0.2) is 48.7 Å². The first-order valence-electron chi connectivity index (χ1n) is 9.86. The van der Waals surface area contributed by atoms with Crippen molar-refractivity contribution in [3.05, 3.63) is 24.2 Å². The summed E-state index contributed by atoms with van der Waals surface area (Å²) in [6.07, 6.45) is 5.78. The second kappa shape index (κ2) is 10.3. The van der Waals surface area contributed by atoms with Crippen molar-refractivity contribution in [1.82, 2.24) is 15.5 Å². The maximum Gasteiger partial charge on any atom is 0.407 e. The summed E-state index contributed by atoms with van der Waals surface area (Å²) in [6.45, 7) is 8.46. The van der Waals surface area contributed by atoms with Gasteiger partial charge in [-0.05, 0) is 65.3 Å². The Morgan fingerprint density at radius 3 is 2.59 bits per heavy atom. The number of likely N-dealkylation sites (tertiary alicyclic amines) is 1. The third-order valence-electron chi connectivity index (χ3n) is 4.44. The molecule has 7 nitrogen and oxygen atoms in total. The van der Waals surface area contributed by atoms with Crippen molar-refractivity contribution in [3.8, 4) is 0 Å². The molecule has 0 aliphatic carbocycles. The van der Waals surface area contributed by atoms with E-state index in [0.29, 0.717) is 25.9 Å². The molecular formula is C20H33N3O4. The van der Waals surface area contributed by atoms with E-state index in [2.05, 4.69) is 15.5 Å². The largest absolute Gasteiger partial charge is 0.468 e. The zero-order valence-electron chi connectivity index (χ0n) is 16.8. The lowest BCUT2D eigenvalue weighted by molar-refractivity contribution is -0.121. The number of piperidine rings is 1. The summed E-state index contributed by atoms with van der Waals surface area (Å²) in [5.74, 6) is 0.873. The van der Waals surface area contributed by atoms with Gasteiger partial charge in [-0.25, -0.2) is 4.79 Å². The molecule has 1 unspecified atom stereocenters. The number of rotatable bonds is 8. The number of hydrogen-bond acceptors (Lipinski definition) is 5. The second-order valence-electron chi connectivity index (χ2n) is 7.96. The molecule has 0 bridgehead atoms. The molecule has 1 aromatic rings. The van der Waals surface area contributed by atoms with Gasteiger partial charge in [0.05, 0.1) is 12.3 Å². The van der Waals surface area contributed by atoms with Crippen molar-refractivity contribution < 1.29 is 18.7 Å². The van der Waals surface area contributed by atoms with E-state index >= 15 is 0 Å². The number of alkyl carbamates (subject to hydrolysis) is 1. The van der Waals surface area contributed by atoms with Crippen molar-refractivity contribution >= 4 is 12.0 Å². The van der Waals surface area contributed by atoms with Crippen molar-refractivity contribution in [2.45, 2.75) is 64.5 Å². The standard InChI is InChI=1S/C20H33N3O4/c1-20(2,3)27-19(25)21-11-7-10-18(24)22-15-16(17-9-8-14-26-17)23-12-5-4-6-13-23/h8-9,14,16H,4-7,10-13,15H2,1-3H3,(H,21,25)(H,22,24). The normalized spacial score (nSPS) is 16.6. The highest BCUT2D eigenvalue weighted by molar-refractivity contribution is 5.76. The van der Waals surface area contributed by atoms with Gasteiger partial charge in [0, 0.05) is 19.5 Å². The number of ether oxygens (including phenoxy) is 1. The number of amides is 2. The molecule has 1 atom stereocenters. The first-order valence-corrected chi connectivity index (χ1v) is 9.86. The van der Waals surface area contributed by atoms with Gasteiger partial charge in [0.25, 0.3) is 0 Å². The molecule has 7 heteroatoms. The molecule has 0 spiro atoms. The van der Waals surface area contributed by atoms with E-state index in [1.54, 1.807) is 6.26 Å². The molecule has 0 aromatic carbocycles. The molecule has 1 aliphatic rings. The van der Waals surface area contributed by atoms with Gasteiger partial charge in [0.1, 0.15) is 11.4 Å². The summed E-state index contributed by atoms with van der Waals surface area (Å²) in [5.41, 5.74) is -0.517. The minimum atomic E-state index is -0.517. The monoisotopic (exact) mass is 379 g/mol. The fourth-order valence-corrected chi connectivity index (χ4v) is 3.17. The predicted octanol–water partition coefficient (Wildman–Crippen LogP) is 3.23. The lowest BCUT2D eigenvalue weighted by Gasteiger charge is -2.33. The van der Waals surface area contributed by atoms with E-state index in [1.165, 1.54) is 19.3 Å². The van der Waals surface area contributed by atoms with Crippen LogP contribution in [0.4, 0.5) is 4.79 Å². The van der Waals surface area contributed by atoms with Crippen LogP contribution >= 0.6 is 0 Å². The molecule has 152 valence electrons. The Morgan fingerprint density at radius 2 is 1.96 bits per heavy atom. The third kappa shape index (κ3) is 8.03. The van der Waals surface area contributed by atoms with E-state index in [4.69, 9.17) is 9.15 Å². The Balaban J connectivity index is 1.70. The zero-order valence-corrected chi connectivity index (χ0v) is 16.8. The predicted molar refractivity (Wildman–Crippen MR) is 103 cm³/mol. The van der Waals surface area contributed by atoms with Crippen LogP contribution in [0, 0.1) is 0 Å². The van der Waals surface area contributed by atoms with Crippen LogP contribution in [0.2, 0.25) is 0 Å². The first-order chi connectivity index (χ1) is 12.8. The molecule has 2 heterocycles. The first kappa shape index (κ1) is 21.3. The second-order valence-corrected chi connectivity index (χ2v) is 7.96. The Morgan fingerprint density at radius 1 is 1.22 bits per heavy atom. The highest BCUT2D eigenvalue weighted by Gasteiger charge is 2.24. The lowest BCUT2D eigenvalue weighted by atomic mass is 10.1. The van der Waals surface area contributed by atoms with Crippen LogP contribution in [0.25, 0.3) is 0 Å². The molecular weight excluding hydrogens is 346 g/mol. The van der Waals surface area contributed by atoms with Gasteiger partial charge >= 0.3 is 6.09 Å². The number of hydrogen-bond donors (Lipinski definition) is 2. The smallest absolute Gasteiger partial charge is 0.407 e. The van der Waals surface area contributed by atoms with Gasteiger partial charge in [-0.1, -0.05) is 6.42 Å². The third-order valence-corrected chi connectivity index (χ3v) is 4.44. The number of furan rings is 1. The summed E-state index contributed by atoms with van der Waals surface area (Å²) in [5, 5.41) is 5.68. The van der Waals surface area contributed by atoms with Crippen LogP contribution < -0.4 is 10.6 Å². The van der Waals surface area contributed by atoms with Crippen molar-refractivity contribution in [2.75, 3.05) is 26.2 Å².